The summed E-state index contributed by atoms with van der Waals surface area (Å²) in [5, 5.41) is 7.15. The first-order chi connectivity index (χ1) is 13.7. The molecule has 1 saturated heterocycles. The lowest BCUT2D eigenvalue weighted by atomic mass is 10.0. The molecule has 1 atom stereocenters. The van der Waals surface area contributed by atoms with Gasteiger partial charge in [0.2, 0.25) is 5.91 Å². The smallest absolute Gasteiger partial charge is 0.243 e. The number of methoxy groups -OCH3 is 1. The number of rotatable bonds is 5. The summed E-state index contributed by atoms with van der Waals surface area (Å²) in [6, 6.07) is 17.9. The van der Waals surface area contributed by atoms with Crippen molar-refractivity contribution in [1.29, 1.82) is 0 Å². The minimum absolute atomic E-state index is 0.0543. The number of hydrogen-bond acceptors (Lipinski definition) is 4. The molecule has 1 aliphatic heterocycles. The van der Waals surface area contributed by atoms with E-state index >= 15 is 0 Å². The van der Waals surface area contributed by atoms with Crippen LogP contribution in [0.15, 0.2) is 54.6 Å². The third kappa shape index (κ3) is 3.57. The molecule has 0 spiro atoms. The zero-order chi connectivity index (χ0) is 19.5. The lowest BCUT2D eigenvalue weighted by Gasteiger charge is -2.25. The van der Waals surface area contributed by atoms with Gasteiger partial charge in [-0.25, -0.2) is 0 Å². The maximum atomic E-state index is 13.1. The third-order valence-electron chi connectivity index (χ3n) is 5.16. The van der Waals surface area contributed by atoms with Crippen molar-refractivity contribution in [3.63, 3.8) is 0 Å². The number of hydrogen-bond donors (Lipinski definition) is 1. The van der Waals surface area contributed by atoms with Gasteiger partial charge in [-0.15, -0.1) is 0 Å². The summed E-state index contributed by atoms with van der Waals surface area (Å²) in [4.78, 5) is 15.1. The molecule has 0 radical (unpaired) electrons. The summed E-state index contributed by atoms with van der Waals surface area (Å²) in [6.45, 7) is 0.932. The van der Waals surface area contributed by atoms with E-state index in [-0.39, 0.29) is 18.5 Å². The molecule has 0 bridgehead atoms. The molecule has 7 heteroatoms. The van der Waals surface area contributed by atoms with Gasteiger partial charge >= 0.3 is 0 Å². The lowest BCUT2D eigenvalue weighted by Crippen LogP contribution is -2.33. The Bertz CT molecular complexity index is 1010. The van der Waals surface area contributed by atoms with Crippen molar-refractivity contribution in [3.05, 3.63) is 64.9 Å². The normalized spacial score (nSPS) is 16.3. The molecule has 0 aliphatic carbocycles. The number of aromatic nitrogens is 3. The van der Waals surface area contributed by atoms with E-state index in [0.29, 0.717) is 10.6 Å². The third-order valence-corrected chi connectivity index (χ3v) is 5.47. The van der Waals surface area contributed by atoms with Gasteiger partial charge in [-0.2, -0.15) is 5.10 Å². The van der Waals surface area contributed by atoms with Crippen LogP contribution >= 0.6 is 12.2 Å². The van der Waals surface area contributed by atoms with Gasteiger partial charge in [-0.05, 0) is 54.9 Å². The van der Waals surface area contributed by atoms with Crippen LogP contribution in [0.3, 0.4) is 0 Å². The minimum atomic E-state index is 0.0543. The minimum Gasteiger partial charge on any atom is -0.497 e. The Kier molecular flexibility index (Phi) is 5.25. The van der Waals surface area contributed by atoms with Gasteiger partial charge in [-0.3, -0.25) is 14.5 Å². The number of H-pyrrole nitrogens is 1. The number of carbonyl (C=O) groups is 1. The van der Waals surface area contributed by atoms with Crippen molar-refractivity contribution in [2.45, 2.75) is 25.4 Å². The average Bonchev–Trinajstić information content (AvgIpc) is 3.36. The molecule has 1 unspecified atom stereocenters. The first-order valence-corrected chi connectivity index (χ1v) is 9.72. The molecule has 4 rings (SSSR count). The van der Waals surface area contributed by atoms with Crippen LogP contribution in [0.2, 0.25) is 0 Å². The van der Waals surface area contributed by atoms with Gasteiger partial charge < -0.3 is 9.64 Å². The molecule has 1 aromatic heterocycles. The van der Waals surface area contributed by atoms with Crippen molar-refractivity contribution < 1.29 is 9.53 Å². The molecule has 6 nitrogen and oxygen atoms in total. The molecule has 144 valence electrons. The molecule has 1 N–H and O–H groups in total. The van der Waals surface area contributed by atoms with Crippen LogP contribution in [-0.4, -0.2) is 39.2 Å². The van der Waals surface area contributed by atoms with E-state index in [1.165, 1.54) is 5.56 Å². The van der Waals surface area contributed by atoms with Crippen LogP contribution < -0.4 is 4.74 Å². The highest BCUT2D eigenvalue weighted by Gasteiger charge is 2.30. The number of carbonyl (C=O) groups excluding carboxylic acids is 1. The van der Waals surface area contributed by atoms with Crippen LogP contribution in [0, 0.1) is 4.77 Å². The van der Waals surface area contributed by atoms with E-state index in [0.717, 1.165) is 30.7 Å². The van der Waals surface area contributed by atoms with E-state index in [9.17, 15) is 4.79 Å². The topological polar surface area (TPSA) is 63.1 Å². The molecule has 1 amide bonds. The SMILES string of the molecule is COc1ccc(-c2n[nH]c(=S)n2CC(=O)N2CCCC2c2ccccc2)cc1. The largest absolute Gasteiger partial charge is 0.497 e. The van der Waals surface area contributed by atoms with Crippen LogP contribution in [0.25, 0.3) is 11.4 Å². The summed E-state index contributed by atoms with van der Waals surface area (Å²) < 4.78 is 7.41. The first-order valence-electron chi connectivity index (χ1n) is 9.31. The second-order valence-corrected chi connectivity index (χ2v) is 7.21. The van der Waals surface area contributed by atoms with Gasteiger partial charge in [0.05, 0.1) is 13.2 Å². The maximum absolute atomic E-state index is 13.1. The van der Waals surface area contributed by atoms with Crippen molar-refractivity contribution >= 4 is 18.1 Å². The zero-order valence-electron chi connectivity index (χ0n) is 15.7. The summed E-state index contributed by atoms with van der Waals surface area (Å²) in [5.74, 6) is 1.47. The second kappa shape index (κ2) is 7.98. The molecule has 28 heavy (non-hydrogen) atoms. The van der Waals surface area contributed by atoms with E-state index in [1.54, 1.807) is 11.7 Å². The summed E-state index contributed by atoms with van der Waals surface area (Å²) >= 11 is 5.39. The standard InChI is InChI=1S/C21H22N4O2S/c1-27-17-11-9-16(10-12-17)20-22-23-21(28)25(20)14-19(26)24-13-5-8-18(24)15-6-3-2-4-7-15/h2-4,6-7,9-12,18H,5,8,13-14H2,1H3,(H,23,28). The fraction of sp³-hybridized carbons (Fsp3) is 0.286. The molecule has 2 heterocycles. The van der Waals surface area contributed by atoms with Crippen molar-refractivity contribution in [2.75, 3.05) is 13.7 Å². The Hall–Kier alpha value is -2.93. The number of ether oxygens (including phenoxy) is 1. The van der Waals surface area contributed by atoms with Gasteiger partial charge in [-0.1, -0.05) is 30.3 Å². The van der Waals surface area contributed by atoms with E-state index in [2.05, 4.69) is 22.3 Å². The fourth-order valence-corrected chi connectivity index (χ4v) is 3.93. The Morgan fingerprint density at radius 1 is 1.21 bits per heavy atom. The predicted octanol–water partition coefficient (Wildman–Crippen LogP) is 3.98. The Labute approximate surface area is 168 Å². The summed E-state index contributed by atoms with van der Waals surface area (Å²) in [7, 11) is 1.63. The predicted molar refractivity (Wildman–Crippen MR) is 110 cm³/mol. The molecule has 2 aromatic carbocycles. The average molecular weight is 395 g/mol. The lowest BCUT2D eigenvalue weighted by molar-refractivity contribution is -0.132. The summed E-state index contributed by atoms with van der Waals surface area (Å²) in [6.07, 6.45) is 1.99. The van der Waals surface area contributed by atoms with Crippen LogP contribution in [0.1, 0.15) is 24.4 Å². The Morgan fingerprint density at radius 2 is 1.96 bits per heavy atom. The van der Waals surface area contributed by atoms with E-state index < -0.39 is 0 Å². The highest BCUT2D eigenvalue weighted by atomic mass is 32.1. The van der Waals surface area contributed by atoms with Gasteiger partial charge in [0.1, 0.15) is 12.3 Å². The highest BCUT2D eigenvalue weighted by molar-refractivity contribution is 7.71. The first kappa shape index (κ1) is 18.4. The van der Waals surface area contributed by atoms with Crippen LogP contribution in [-0.2, 0) is 11.3 Å². The molecular formula is C21H22N4O2S. The summed E-state index contributed by atoms with van der Waals surface area (Å²) in [5.41, 5.74) is 2.06. The van der Waals surface area contributed by atoms with Crippen molar-refractivity contribution in [1.82, 2.24) is 19.7 Å². The molecule has 1 aliphatic rings. The van der Waals surface area contributed by atoms with Crippen LogP contribution in [0.5, 0.6) is 5.75 Å². The van der Waals surface area contributed by atoms with Gasteiger partial charge in [0.25, 0.3) is 0 Å². The molecule has 3 aromatic rings. The van der Waals surface area contributed by atoms with Crippen molar-refractivity contribution in [3.8, 4) is 17.1 Å². The molecular weight excluding hydrogens is 372 g/mol. The fourth-order valence-electron chi connectivity index (χ4n) is 3.74. The van der Waals surface area contributed by atoms with Crippen molar-refractivity contribution in [2.24, 2.45) is 0 Å². The second-order valence-electron chi connectivity index (χ2n) is 6.82. The Morgan fingerprint density at radius 3 is 2.68 bits per heavy atom. The molecule has 0 saturated carbocycles. The number of benzene rings is 2. The van der Waals surface area contributed by atoms with E-state index in [1.807, 2.05) is 47.4 Å². The monoisotopic (exact) mass is 394 g/mol. The number of nitrogens with one attached hydrogen (secondary N) is 1. The number of aromatic amines is 1. The molecule has 1 fully saturated rings. The number of nitrogens with zero attached hydrogens (tertiary/aromatic N) is 3. The van der Waals surface area contributed by atoms with Crippen LogP contribution in [0.4, 0.5) is 0 Å². The van der Waals surface area contributed by atoms with E-state index in [4.69, 9.17) is 17.0 Å². The van der Waals surface area contributed by atoms with Gasteiger partial charge in [0.15, 0.2) is 10.6 Å². The zero-order valence-corrected chi connectivity index (χ0v) is 16.5. The number of likely N-dealkylation sites (tertiary alicyclic amines) is 1. The number of amides is 1. The quantitative estimate of drug-likeness (QED) is 0.665. The highest BCUT2D eigenvalue weighted by Crippen LogP contribution is 2.32. The van der Waals surface area contributed by atoms with Gasteiger partial charge in [0, 0.05) is 12.1 Å². The maximum Gasteiger partial charge on any atom is 0.243 e. The Balaban J connectivity index is 1.58.